The molecule has 1 aromatic heterocycles. The highest BCUT2D eigenvalue weighted by molar-refractivity contribution is 6.31. The second-order valence-electron chi connectivity index (χ2n) is 8.12. The summed E-state index contributed by atoms with van der Waals surface area (Å²) < 4.78 is 1.84. The molecule has 6 heteroatoms. The Bertz CT molecular complexity index is 1020. The fourth-order valence-corrected chi connectivity index (χ4v) is 3.53. The lowest BCUT2D eigenvalue weighted by molar-refractivity contribution is -0.122. The molecule has 0 aliphatic carbocycles. The lowest BCUT2D eigenvalue weighted by Gasteiger charge is -2.14. The Kier molecular flexibility index (Phi) is 6.35. The molecule has 152 valence electrons. The Morgan fingerprint density at radius 3 is 2.48 bits per heavy atom. The molecule has 1 unspecified atom stereocenters. The second-order valence-corrected chi connectivity index (χ2v) is 8.97. The Balaban J connectivity index is 1.85. The van der Waals surface area contributed by atoms with Crippen LogP contribution in [0.1, 0.15) is 50.6 Å². The molecule has 0 spiro atoms. The number of nitrogens with one attached hydrogen (secondary N) is 1. The average molecular weight is 430 g/mol. The van der Waals surface area contributed by atoms with E-state index in [0.29, 0.717) is 16.6 Å². The van der Waals surface area contributed by atoms with E-state index in [1.807, 2.05) is 60.1 Å². The predicted octanol–water partition coefficient (Wildman–Crippen LogP) is 5.90. The zero-order chi connectivity index (χ0) is 21.2. The summed E-state index contributed by atoms with van der Waals surface area (Å²) in [5.74, 6) is -0.442. The summed E-state index contributed by atoms with van der Waals surface area (Å²) in [6, 6.07) is 17.0. The predicted molar refractivity (Wildman–Crippen MR) is 119 cm³/mol. The Morgan fingerprint density at radius 2 is 1.83 bits per heavy atom. The van der Waals surface area contributed by atoms with Crippen molar-refractivity contribution in [2.45, 2.75) is 45.6 Å². The highest BCUT2D eigenvalue weighted by Gasteiger charge is 2.22. The van der Waals surface area contributed by atoms with E-state index < -0.39 is 0 Å². The van der Waals surface area contributed by atoms with Crippen LogP contribution in [0, 0.1) is 0 Å². The molecular formula is C23H25Cl2N3O. The first-order valence-electron chi connectivity index (χ1n) is 9.54. The van der Waals surface area contributed by atoms with Crippen LogP contribution in [-0.4, -0.2) is 15.7 Å². The molecule has 0 aliphatic rings. The van der Waals surface area contributed by atoms with Crippen molar-refractivity contribution in [3.63, 3.8) is 0 Å². The first-order valence-corrected chi connectivity index (χ1v) is 10.3. The van der Waals surface area contributed by atoms with Crippen molar-refractivity contribution < 1.29 is 4.79 Å². The number of halogens is 2. The number of amides is 1. The van der Waals surface area contributed by atoms with Crippen LogP contribution in [0.5, 0.6) is 0 Å². The molecule has 0 bridgehead atoms. The third kappa shape index (κ3) is 5.01. The van der Waals surface area contributed by atoms with Gasteiger partial charge in [0.2, 0.25) is 5.91 Å². The first-order chi connectivity index (χ1) is 13.7. The minimum atomic E-state index is -0.353. The maximum absolute atomic E-state index is 12.8. The molecule has 0 saturated heterocycles. The van der Waals surface area contributed by atoms with Crippen molar-refractivity contribution in [3.8, 4) is 5.69 Å². The number of carbonyl (C=O) groups is 1. The van der Waals surface area contributed by atoms with Crippen molar-refractivity contribution in [1.82, 2.24) is 15.1 Å². The van der Waals surface area contributed by atoms with Crippen molar-refractivity contribution in [1.29, 1.82) is 0 Å². The molecule has 0 saturated carbocycles. The van der Waals surface area contributed by atoms with Crippen LogP contribution in [0.25, 0.3) is 5.69 Å². The third-order valence-corrected chi connectivity index (χ3v) is 5.39. The summed E-state index contributed by atoms with van der Waals surface area (Å²) in [6.45, 7) is 8.53. The van der Waals surface area contributed by atoms with Gasteiger partial charge in [0.15, 0.2) is 0 Å². The zero-order valence-electron chi connectivity index (χ0n) is 17.0. The molecule has 3 rings (SSSR count). The monoisotopic (exact) mass is 429 g/mol. The molecule has 1 amide bonds. The van der Waals surface area contributed by atoms with Gasteiger partial charge in [-0.25, -0.2) is 4.68 Å². The zero-order valence-corrected chi connectivity index (χ0v) is 18.6. The van der Waals surface area contributed by atoms with E-state index in [4.69, 9.17) is 28.3 Å². The van der Waals surface area contributed by atoms with Crippen LogP contribution in [0.4, 0.5) is 0 Å². The van der Waals surface area contributed by atoms with E-state index in [2.05, 4.69) is 26.1 Å². The Morgan fingerprint density at radius 1 is 1.10 bits per heavy atom. The SMILES string of the molecule is CC(C(=O)NCc1cc(C(C)(C)C)nn1-c1cccc(Cl)c1)c1ccccc1Cl. The third-order valence-electron chi connectivity index (χ3n) is 4.81. The van der Waals surface area contributed by atoms with Gasteiger partial charge in [-0.2, -0.15) is 5.10 Å². The maximum atomic E-state index is 12.8. The molecule has 0 radical (unpaired) electrons. The van der Waals surface area contributed by atoms with E-state index in [-0.39, 0.29) is 17.2 Å². The molecule has 1 N–H and O–H groups in total. The number of aromatic nitrogens is 2. The topological polar surface area (TPSA) is 46.9 Å². The van der Waals surface area contributed by atoms with Crippen LogP contribution in [-0.2, 0) is 16.8 Å². The Hall–Kier alpha value is -2.30. The number of benzene rings is 2. The van der Waals surface area contributed by atoms with Gasteiger partial charge in [0.05, 0.1) is 29.5 Å². The molecule has 29 heavy (non-hydrogen) atoms. The number of carbonyl (C=O) groups excluding carboxylic acids is 1. The lowest BCUT2D eigenvalue weighted by atomic mass is 9.92. The van der Waals surface area contributed by atoms with Crippen LogP contribution in [0.3, 0.4) is 0 Å². The molecule has 2 aromatic carbocycles. The fraction of sp³-hybridized carbons (Fsp3) is 0.304. The van der Waals surface area contributed by atoms with E-state index in [0.717, 1.165) is 22.6 Å². The van der Waals surface area contributed by atoms with Crippen molar-refractivity contribution in [3.05, 3.63) is 81.6 Å². The van der Waals surface area contributed by atoms with Crippen molar-refractivity contribution in [2.24, 2.45) is 0 Å². The molecule has 0 fully saturated rings. The van der Waals surface area contributed by atoms with Gasteiger partial charge in [-0.05, 0) is 42.8 Å². The van der Waals surface area contributed by atoms with Crippen molar-refractivity contribution >= 4 is 29.1 Å². The van der Waals surface area contributed by atoms with Gasteiger partial charge in [0.25, 0.3) is 0 Å². The molecule has 1 heterocycles. The summed E-state index contributed by atoms with van der Waals surface area (Å²) in [4.78, 5) is 12.8. The van der Waals surface area contributed by atoms with Crippen LogP contribution in [0.15, 0.2) is 54.6 Å². The van der Waals surface area contributed by atoms with Crippen molar-refractivity contribution in [2.75, 3.05) is 0 Å². The van der Waals surface area contributed by atoms with E-state index in [1.165, 1.54) is 0 Å². The molecule has 1 atom stereocenters. The minimum Gasteiger partial charge on any atom is -0.350 e. The van der Waals surface area contributed by atoms with Gasteiger partial charge >= 0.3 is 0 Å². The standard InChI is InChI=1S/C23H25Cl2N3O/c1-15(19-10-5-6-11-20(19)25)22(29)26-14-18-13-21(23(2,3)4)27-28(18)17-9-7-8-16(24)12-17/h5-13,15H,14H2,1-4H3,(H,26,29). The average Bonchev–Trinajstić information content (AvgIpc) is 3.11. The van der Waals surface area contributed by atoms with Gasteiger partial charge in [-0.1, -0.05) is 68.2 Å². The molecular weight excluding hydrogens is 405 g/mol. The van der Waals surface area contributed by atoms with Crippen LogP contribution >= 0.6 is 23.2 Å². The van der Waals surface area contributed by atoms with Gasteiger partial charge in [0.1, 0.15) is 0 Å². The summed E-state index contributed by atoms with van der Waals surface area (Å²) in [7, 11) is 0. The largest absolute Gasteiger partial charge is 0.350 e. The molecule has 0 aliphatic heterocycles. The highest BCUT2D eigenvalue weighted by Crippen LogP contribution is 2.26. The molecule has 3 aromatic rings. The lowest BCUT2D eigenvalue weighted by Crippen LogP contribution is -2.28. The first kappa shape index (κ1) is 21.4. The fourth-order valence-electron chi connectivity index (χ4n) is 3.04. The normalized spacial score (nSPS) is 12.6. The summed E-state index contributed by atoms with van der Waals surface area (Å²) in [6.07, 6.45) is 0. The molecule has 4 nitrogen and oxygen atoms in total. The summed E-state index contributed by atoms with van der Waals surface area (Å²) in [5.41, 5.74) is 3.38. The van der Waals surface area contributed by atoms with Gasteiger partial charge in [0, 0.05) is 15.5 Å². The maximum Gasteiger partial charge on any atom is 0.227 e. The minimum absolute atomic E-state index is 0.0887. The van der Waals surface area contributed by atoms with E-state index in [9.17, 15) is 4.79 Å². The van der Waals surface area contributed by atoms with Gasteiger partial charge in [-0.3, -0.25) is 4.79 Å². The van der Waals surface area contributed by atoms with E-state index >= 15 is 0 Å². The number of hydrogen-bond acceptors (Lipinski definition) is 2. The smallest absolute Gasteiger partial charge is 0.227 e. The summed E-state index contributed by atoms with van der Waals surface area (Å²) in [5, 5.41) is 9.02. The van der Waals surface area contributed by atoms with Crippen LogP contribution < -0.4 is 5.32 Å². The summed E-state index contributed by atoms with van der Waals surface area (Å²) >= 11 is 12.4. The van der Waals surface area contributed by atoms with Gasteiger partial charge < -0.3 is 5.32 Å². The number of nitrogens with zero attached hydrogens (tertiary/aromatic N) is 2. The highest BCUT2D eigenvalue weighted by atomic mass is 35.5. The quantitative estimate of drug-likeness (QED) is 0.548. The number of rotatable bonds is 5. The van der Waals surface area contributed by atoms with Gasteiger partial charge in [-0.15, -0.1) is 0 Å². The Labute approximate surface area is 181 Å². The second kappa shape index (κ2) is 8.60. The number of hydrogen-bond donors (Lipinski definition) is 1. The van der Waals surface area contributed by atoms with E-state index in [1.54, 1.807) is 6.07 Å². The van der Waals surface area contributed by atoms with Crippen LogP contribution in [0.2, 0.25) is 10.0 Å².